The van der Waals surface area contributed by atoms with Crippen LogP contribution in [0.4, 0.5) is 9.59 Å². The molecule has 2 aliphatic rings. The maximum Gasteiger partial charge on any atom is 0.407 e. The average molecular weight is 737 g/mol. The third-order valence-electron chi connectivity index (χ3n) is 10.1. The zero-order valence-corrected chi connectivity index (χ0v) is 31.5. The number of ether oxygens (including phenoxy) is 2. The highest BCUT2D eigenvalue weighted by Crippen LogP contribution is 2.34. The number of hydrogen-bond acceptors (Lipinski definition) is 8. The van der Waals surface area contributed by atoms with Gasteiger partial charge >= 0.3 is 12.2 Å². The average Bonchev–Trinajstić information content (AvgIpc) is 4.02. The highest BCUT2D eigenvalue weighted by atomic mass is 16.5. The number of methoxy groups -OCH3 is 2. The van der Waals surface area contributed by atoms with Crippen LogP contribution in [0, 0.1) is 11.8 Å². The lowest BCUT2D eigenvalue weighted by Gasteiger charge is -2.29. The molecule has 0 spiro atoms. The largest absolute Gasteiger partial charge is 0.453 e. The molecule has 4 amide bonds. The Morgan fingerprint density at radius 1 is 0.778 bits per heavy atom. The van der Waals surface area contributed by atoms with Crippen LogP contribution in [0.25, 0.3) is 33.6 Å². The molecule has 54 heavy (non-hydrogen) atoms. The van der Waals surface area contributed by atoms with E-state index in [-0.39, 0.29) is 35.7 Å². The van der Waals surface area contributed by atoms with Crippen molar-refractivity contribution in [3.05, 3.63) is 84.7 Å². The molecule has 4 aromatic rings. The van der Waals surface area contributed by atoms with Crippen molar-refractivity contribution < 1.29 is 28.7 Å². The van der Waals surface area contributed by atoms with Crippen molar-refractivity contribution in [1.29, 1.82) is 0 Å². The molecule has 2 aromatic carbocycles. The van der Waals surface area contributed by atoms with Crippen LogP contribution in [-0.4, -0.2) is 93.1 Å². The van der Waals surface area contributed by atoms with E-state index in [1.807, 2.05) is 70.3 Å². The van der Waals surface area contributed by atoms with Gasteiger partial charge in [0.2, 0.25) is 11.8 Å². The first-order chi connectivity index (χ1) is 26.0. The Morgan fingerprint density at radius 3 is 1.91 bits per heavy atom. The molecule has 14 heteroatoms. The van der Waals surface area contributed by atoms with Crippen molar-refractivity contribution in [1.82, 2.24) is 40.4 Å². The van der Waals surface area contributed by atoms with Crippen LogP contribution in [0.15, 0.2) is 73.1 Å². The van der Waals surface area contributed by atoms with Crippen LogP contribution in [0.2, 0.25) is 0 Å². The van der Waals surface area contributed by atoms with E-state index in [2.05, 4.69) is 49.9 Å². The summed E-state index contributed by atoms with van der Waals surface area (Å²) in [5, 5.41) is 5.35. The van der Waals surface area contributed by atoms with E-state index in [1.54, 1.807) is 16.0 Å². The maximum atomic E-state index is 13.5. The molecule has 1 unspecified atom stereocenters. The number of benzene rings is 2. The van der Waals surface area contributed by atoms with E-state index < -0.39 is 24.3 Å². The second-order valence-corrected chi connectivity index (χ2v) is 14.3. The monoisotopic (exact) mass is 736 g/mol. The summed E-state index contributed by atoms with van der Waals surface area (Å²) >= 11 is 0. The smallest absolute Gasteiger partial charge is 0.407 e. The van der Waals surface area contributed by atoms with Crippen molar-refractivity contribution in [3.63, 3.8) is 0 Å². The number of nitrogens with one attached hydrogen (secondary N) is 4. The van der Waals surface area contributed by atoms with Gasteiger partial charge in [0.05, 0.1) is 37.8 Å². The van der Waals surface area contributed by atoms with Crippen molar-refractivity contribution in [3.8, 4) is 33.6 Å². The van der Waals surface area contributed by atoms with Crippen molar-refractivity contribution in [2.75, 3.05) is 27.3 Å². The molecule has 2 aromatic heterocycles. The van der Waals surface area contributed by atoms with Gasteiger partial charge in [0.15, 0.2) is 0 Å². The van der Waals surface area contributed by atoms with Crippen molar-refractivity contribution in [2.45, 2.75) is 64.7 Å². The number of carbonyl (C=O) groups is 4. The minimum Gasteiger partial charge on any atom is -0.453 e. The number of amides is 4. The topological polar surface area (TPSA) is 175 Å². The minimum atomic E-state index is -0.727. The lowest BCUT2D eigenvalue weighted by Crippen LogP contribution is -2.51. The fourth-order valence-corrected chi connectivity index (χ4v) is 7.02. The zero-order chi connectivity index (χ0) is 38.5. The summed E-state index contributed by atoms with van der Waals surface area (Å²) in [6.07, 6.45) is 7.84. The van der Waals surface area contributed by atoms with E-state index in [9.17, 15) is 19.2 Å². The van der Waals surface area contributed by atoms with Gasteiger partial charge in [-0.2, -0.15) is 0 Å². The predicted molar refractivity (Wildman–Crippen MR) is 203 cm³/mol. The summed E-state index contributed by atoms with van der Waals surface area (Å²) in [7, 11) is 2.56. The normalized spacial score (nSPS) is 17.9. The highest BCUT2D eigenvalue weighted by molar-refractivity contribution is 5.87. The van der Waals surface area contributed by atoms with Gasteiger partial charge in [-0.15, -0.1) is 0 Å². The molecule has 4 atom stereocenters. The fraction of sp³-hybridized carbons (Fsp3) is 0.400. The lowest BCUT2D eigenvalue weighted by atomic mass is 10.0. The summed E-state index contributed by atoms with van der Waals surface area (Å²) < 4.78 is 9.48. The number of H-pyrrole nitrogens is 2. The number of aromatic nitrogens is 4. The SMILES string of the molecule is COC(=O)NC(C(=O)N1CCC[C@H]1c1nc(-c2ccc(-c3ccc(-c4cnc([C@@H]5C=CCN5C(=O)[C@@H](NC(=O)OC)C(C)C)[nH]4)cc3)cc2)c[nH]1)C(C)C. The molecule has 1 saturated heterocycles. The van der Waals surface area contributed by atoms with E-state index in [0.29, 0.717) is 18.9 Å². The molecular weight excluding hydrogens is 688 g/mol. The number of alkyl carbamates (subject to hydrolysis) is 2. The Hall–Kier alpha value is -5.92. The molecule has 0 aliphatic carbocycles. The molecule has 284 valence electrons. The predicted octanol–water partition coefficient (Wildman–Crippen LogP) is 6.00. The number of nitrogens with zero attached hydrogens (tertiary/aromatic N) is 4. The summed E-state index contributed by atoms with van der Waals surface area (Å²) in [4.78, 5) is 70.5. The second kappa shape index (κ2) is 16.4. The molecule has 1 fully saturated rings. The number of likely N-dealkylation sites (tertiary alicyclic amines) is 1. The Balaban J connectivity index is 1.11. The summed E-state index contributed by atoms with van der Waals surface area (Å²) in [6, 6.07) is 14.3. The molecule has 0 saturated carbocycles. The van der Waals surface area contributed by atoms with E-state index in [1.165, 1.54) is 14.2 Å². The third kappa shape index (κ3) is 8.02. The van der Waals surface area contributed by atoms with Gasteiger partial charge in [0.25, 0.3) is 0 Å². The number of carbonyl (C=O) groups excluding carboxylic acids is 4. The van der Waals surface area contributed by atoms with Crippen LogP contribution in [0.3, 0.4) is 0 Å². The minimum absolute atomic E-state index is 0.106. The van der Waals surface area contributed by atoms with Crippen LogP contribution in [0.1, 0.15) is 64.3 Å². The summed E-state index contributed by atoms with van der Waals surface area (Å²) in [5.74, 6) is 0.769. The molecule has 2 aliphatic heterocycles. The highest BCUT2D eigenvalue weighted by Gasteiger charge is 2.38. The van der Waals surface area contributed by atoms with E-state index in [4.69, 9.17) is 14.5 Å². The van der Waals surface area contributed by atoms with E-state index in [0.717, 1.165) is 52.3 Å². The summed E-state index contributed by atoms with van der Waals surface area (Å²) in [5.41, 5.74) is 5.59. The van der Waals surface area contributed by atoms with Gasteiger partial charge < -0.3 is 39.9 Å². The zero-order valence-electron chi connectivity index (χ0n) is 31.5. The van der Waals surface area contributed by atoms with Gasteiger partial charge in [-0.05, 0) is 41.4 Å². The Morgan fingerprint density at radius 2 is 1.33 bits per heavy atom. The summed E-state index contributed by atoms with van der Waals surface area (Å²) in [6.45, 7) is 8.56. The first kappa shape index (κ1) is 37.8. The molecule has 14 nitrogen and oxygen atoms in total. The van der Waals surface area contributed by atoms with Crippen LogP contribution in [-0.2, 0) is 19.1 Å². The molecule has 4 N–H and O–H groups in total. The maximum absolute atomic E-state index is 13.5. The van der Waals surface area contributed by atoms with Gasteiger partial charge in [0.1, 0.15) is 29.8 Å². The van der Waals surface area contributed by atoms with Crippen molar-refractivity contribution in [2.24, 2.45) is 11.8 Å². The van der Waals surface area contributed by atoms with E-state index >= 15 is 0 Å². The number of imidazole rings is 2. The number of hydrogen-bond donors (Lipinski definition) is 4. The fourth-order valence-electron chi connectivity index (χ4n) is 7.02. The second-order valence-electron chi connectivity index (χ2n) is 14.3. The molecule has 4 heterocycles. The molecular formula is C40H48N8O6. The quantitative estimate of drug-likeness (QED) is 0.136. The third-order valence-corrected chi connectivity index (χ3v) is 10.1. The Bertz CT molecular complexity index is 1980. The molecule has 0 bridgehead atoms. The first-order valence-corrected chi connectivity index (χ1v) is 18.3. The Kier molecular flexibility index (Phi) is 11.5. The van der Waals surface area contributed by atoms with Gasteiger partial charge in [-0.25, -0.2) is 19.6 Å². The molecule has 0 radical (unpaired) electrons. The van der Waals surface area contributed by atoms with Gasteiger partial charge in [-0.1, -0.05) is 88.4 Å². The van der Waals surface area contributed by atoms with Crippen LogP contribution < -0.4 is 10.6 Å². The number of rotatable bonds is 11. The van der Waals surface area contributed by atoms with Crippen LogP contribution >= 0.6 is 0 Å². The standard InChI is InChI=1S/C40H48N8O6/c1-23(2)33(45-39(51)53-5)37(49)47-19-7-9-31(47)35-41-21-29(43-35)27-15-11-25(12-16-27)26-13-17-28(18-14-26)30-22-42-36(44-30)32-10-8-20-48(32)38(50)34(24(3)4)46-40(52)54-6/h7,9,11-18,21-24,31-34H,8,10,19-20H2,1-6H3,(H,41,43)(H,42,44)(H,45,51)(H,46,52)/t31-,32-,33-,34?/m0/s1. The van der Waals surface area contributed by atoms with Gasteiger partial charge in [-0.3, -0.25) is 9.59 Å². The lowest BCUT2D eigenvalue weighted by molar-refractivity contribution is -0.136. The molecule has 6 rings (SSSR count). The van der Waals surface area contributed by atoms with Gasteiger partial charge in [0, 0.05) is 24.8 Å². The first-order valence-electron chi connectivity index (χ1n) is 18.3. The van der Waals surface area contributed by atoms with Crippen molar-refractivity contribution >= 4 is 24.0 Å². The van der Waals surface area contributed by atoms with Crippen LogP contribution in [0.5, 0.6) is 0 Å². The number of aromatic amines is 2. The Labute approximate surface area is 314 Å².